The van der Waals surface area contributed by atoms with Crippen molar-refractivity contribution in [3.05, 3.63) is 34.4 Å². The Balaban J connectivity index is 2.27. The molecule has 2 rings (SSSR count). The molecule has 0 unspecified atom stereocenters. The van der Waals surface area contributed by atoms with Crippen LogP contribution in [0.1, 0.15) is 37.0 Å². The lowest BCUT2D eigenvalue weighted by atomic mass is 10.0. The Morgan fingerprint density at radius 2 is 2.18 bits per heavy atom. The van der Waals surface area contributed by atoms with Crippen LogP contribution < -0.4 is 0 Å². The van der Waals surface area contributed by atoms with Gasteiger partial charge in [0.05, 0.1) is 0 Å². The van der Waals surface area contributed by atoms with Crippen molar-refractivity contribution in [3.8, 4) is 0 Å². The summed E-state index contributed by atoms with van der Waals surface area (Å²) in [7, 11) is 0. The number of aromatic nitrogens is 1. The van der Waals surface area contributed by atoms with Gasteiger partial charge in [-0.1, -0.05) is 35.8 Å². The third kappa shape index (κ3) is 2.78. The van der Waals surface area contributed by atoms with Crippen molar-refractivity contribution < 1.29 is 4.79 Å². The predicted octanol–water partition coefficient (Wildman–Crippen LogP) is 4.55. The molecule has 0 radical (unpaired) electrons. The van der Waals surface area contributed by atoms with Crippen LogP contribution >= 0.6 is 15.9 Å². The number of fused-ring (bicyclic) bond motifs is 1. The number of carbonyl (C=O) groups is 1. The zero-order chi connectivity index (χ0) is 12.4. The summed E-state index contributed by atoms with van der Waals surface area (Å²) < 4.78 is 1.02. The summed E-state index contributed by atoms with van der Waals surface area (Å²) in [5, 5.41) is 1.02. The van der Waals surface area contributed by atoms with Crippen LogP contribution in [0, 0.1) is 5.92 Å². The normalized spacial score (nSPS) is 11.3. The third-order valence-electron chi connectivity index (χ3n) is 2.89. The molecule has 3 heteroatoms. The summed E-state index contributed by atoms with van der Waals surface area (Å²) in [5.74, 6) is 0.797. The molecule has 0 aliphatic heterocycles. The van der Waals surface area contributed by atoms with Gasteiger partial charge in [0.25, 0.3) is 0 Å². The highest BCUT2D eigenvalue weighted by molar-refractivity contribution is 9.10. The van der Waals surface area contributed by atoms with Crippen molar-refractivity contribution in [2.75, 3.05) is 0 Å². The number of hydrogen-bond acceptors (Lipinski definition) is 1. The van der Waals surface area contributed by atoms with Crippen LogP contribution in [0.5, 0.6) is 0 Å². The van der Waals surface area contributed by atoms with Crippen molar-refractivity contribution in [1.29, 1.82) is 0 Å². The van der Waals surface area contributed by atoms with Gasteiger partial charge in [-0.25, -0.2) is 0 Å². The number of halogens is 1. The molecule has 0 spiro atoms. The maximum atomic E-state index is 12.1. The first-order valence-corrected chi connectivity index (χ1v) is 6.67. The number of H-pyrrole nitrogens is 1. The fourth-order valence-electron chi connectivity index (χ4n) is 1.88. The van der Waals surface area contributed by atoms with Gasteiger partial charge in [0.15, 0.2) is 5.78 Å². The summed E-state index contributed by atoms with van der Waals surface area (Å²) >= 11 is 3.42. The lowest BCUT2D eigenvalue weighted by molar-refractivity contribution is 0.0977. The van der Waals surface area contributed by atoms with E-state index in [1.807, 2.05) is 24.4 Å². The maximum Gasteiger partial charge on any atom is 0.165 e. The van der Waals surface area contributed by atoms with Gasteiger partial charge in [-0.2, -0.15) is 0 Å². The standard InChI is InChI=1S/C14H16BrNO/c1-9(2)3-6-14(17)12-8-16-13-7-10(15)4-5-11(12)13/h4-5,7-9,16H,3,6H2,1-2H3. The van der Waals surface area contributed by atoms with E-state index in [9.17, 15) is 4.79 Å². The second-order valence-corrected chi connectivity index (χ2v) is 5.66. The van der Waals surface area contributed by atoms with Crippen molar-refractivity contribution in [1.82, 2.24) is 4.98 Å². The molecule has 1 N–H and O–H groups in total. The monoisotopic (exact) mass is 293 g/mol. The molecule has 0 fully saturated rings. The molecular weight excluding hydrogens is 278 g/mol. The minimum Gasteiger partial charge on any atom is -0.360 e. The van der Waals surface area contributed by atoms with E-state index >= 15 is 0 Å². The smallest absolute Gasteiger partial charge is 0.165 e. The molecule has 0 atom stereocenters. The minimum atomic E-state index is 0.229. The number of benzene rings is 1. The zero-order valence-electron chi connectivity index (χ0n) is 10.1. The van der Waals surface area contributed by atoms with Gasteiger partial charge in [-0.05, 0) is 24.5 Å². The van der Waals surface area contributed by atoms with E-state index in [0.717, 1.165) is 27.4 Å². The van der Waals surface area contributed by atoms with Gasteiger partial charge in [-0.3, -0.25) is 4.79 Å². The number of Topliss-reactive ketones (excluding diaryl/α,β-unsaturated/α-hetero) is 1. The number of hydrogen-bond donors (Lipinski definition) is 1. The van der Waals surface area contributed by atoms with Gasteiger partial charge < -0.3 is 4.98 Å². The first-order valence-electron chi connectivity index (χ1n) is 5.87. The van der Waals surface area contributed by atoms with Gasteiger partial charge in [-0.15, -0.1) is 0 Å². The highest BCUT2D eigenvalue weighted by Crippen LogP contribution is 2.24. The fourth-order valence-corrected chi connectivity index (χ4v) is 2.24. The van der Waals surface area contributed by atoms with Gasteiger partial charge in [0, 0.05) is 33.6 Å². The molecule has 1 heterocycles. The molecule has 1 aromatic carbocycles. The highest BCUT2D eigenvalue weighted by Gasteiger charge is 2.12. The number of nitrogens with one attached hydrogen (secondary N) is 1. The minimum absolute atomic E-state index is 0.229. The molecule has 0 saturated heterocycles. The van der Waals surface area contributed by atoms with Crippen molar-refractivity contribution >= 4 is 32.6 Å². The van der Waals surface area contributed by atoms with Crippen molar-refractivity contribution in [2.45, 2.75) is 26.7 Å². The molecule has 0 aliphatic carbocycles. The first kappa shape index (κ1) is 12.4. The molecule has 2 nitrogen and oxygen atoms in total. The average molecular weight is 294 g/mol. The van der Waals surface area contributed by atoms with Crippen LogP contribution in [0.4, 0.5) is 0 Å². The Hall–Kier alpha value is -1.09. The molecule has 17 heavy (non-hydrogen) atoms. The number of rotatable bonds is 4. The molecule has 90 valence electrons. The zero-order valence-corrected chi connectivity index (χ0v) is 11.7. The van der Waals surface area contributed by atoms with E-state index in [2.05, 4.69) is 34.8 Å². The fraction of sp³-hybridized carbons (Fsp3) is 0.357. The average Bonchev–Trinajstić information content (AvgIpc) is 2.68. The van der Waals surface area contributed by atoms with Crippen LogP contribution in [0.25, 0.3) is 10.9 Å². The van der Waals surface area contributed by atoms with E-state index in [-0.39, 0.29) is 5.78 Å². The molecule has 0 aliphatic rings. The van der Waals surface area contributed by atoms with E-state index in [0.29, 0.717) is 12.3 Å². The van der Waals surface area contributed by atoms with Gasteiger partial charge in [0.1, 0.15) is 0 Å². The predicted molar refractivity (Wildman–Crippen MR) is 74.4 cm³/mol. The summed E-state index contributed by atoms with van der Waals surface area (Å²) in [6, 6.07) is 5.95. The third-order valence-corrected chi connectivity index (χ3v) is 3.39. The Bertz CT molecular complexity index is 542. The molecule has 0 amide bonds. The Labute approximate surface area is 110 Å². The van der Waals surface area contributed by atoms with Crippen LogP contribution in [-0.2, 0) is 0 Å². The summed E-state index contributed by atoms with van der Waals surface area (Å²) in [4.78, 5) is 15.2. The second-order valence-electron chi connectivity index (χ2n) is 4.75. The van der Waals surface area contributed by atoms with Gasteiger partial charge in [0.2, 0.25) is 0 Å². The van der Waals surface area contributed by atoms with Crippen LogP contribution in [0.3, 0.4) is 0 Å². The molecular formula is C14H16BrNO. The van der Waals surface area contributed by atoms with Crippen LogP contribution in [0.15, 0.2) is 28.9 Å². The second kappa shape index (κ2) is 5.05. The Kier molecular flexibility index (Phi) is 3.67. The lowest BCUT2D eigenvalue weighted by Gasteiger charge is -2.03. The molecule has 1 aromatic heterocycles. The quantitative estimate of drug-likeness (QED) is 0.824. The van der Waals surface area contributed by atoms with E-state index < -0.39 is 0 Å². The number of aromatic amines is 1. The van der Waals surface area contributed by atoms with Gasteiger partial charge >= 0.3 is 0 Å². The molecule has 0 bridgehead atoms. The molecule has 0 saturated carbocycles. The summed E-state index contributed by atoms with van der Waals surface area (Å²) in [5.41, 5.74) is 1.82. The Morgan fingerprint density at radius 1 is 1.41 bits per heavy atom. The molecule has 2 aromatic rings. The SMILES string of the molecule is CC(C)CCC(=O)c1c[nH]c2cc(Br)ccc12. The summed E-state index contributed by atoms with van der Waals surface area (Å²) in [6.45, 7) is 4.28. The van der Waals surface area contributed by atoms with Crippen LogP contribution in [0.2, 0.25) is 0 Å². The number of carbonyl (C=O) groups excluding carboxylic acids is 1. The first-order chi connectivity index (χ1) is 8.08. The highest BCUT2D eigenvalue weighted by atomic mass is 79.9. The topological polar surface area (TPSA) is 32.9 Å². The van der Waals surface area contributed by atoms with E-state index in [4.69, 9.17) is 0 Å². The van der Waals surface area contributed by atoms with Crippen molar-refractivity contribution in [3.63, 3.8) is 0 Å². The van der Waals surface area contributed by atoms with Crippen LogP contribution in [-0.4, -0.2) is 10.8 Å². The lowest BCUT2D eigenvalue weighted by Crippen LogP contribution is -2.00. The largest absolute Gasteiger partial charge is 0.360 e. The van der Waals surface area contributed by atoms with E-state index in [1.54, 1.807) is 0 Å². The maximum absolute atomic E-state index is 12.1. The number of ketones is 1. The summed E-state index contributed by atoms with van der Waals surface area (Å²) in [6.07, 6.45) is 3.39. The van der Waals surface area contributed by atoms with E-state index in [1.165, 1.54) is 0 Å². The Morgan fingerprint density at radius 3 is 2.88 bits per heavy atom. The van der Waals surface area contributed by atoms with Crippen molar-refractivity contribution in [2.24, 2.45) is 5.92 Å².